The maximum absolute atomic E-state index is 12.3. The average molecular weight is 417 g/mol. The van der Waals surface area contributed by atoms with E-state index in [1.165, 1.54) is 24.3 Å². The molecule has 0 fully saturated rings. The summed E-state index contributed by atoms with van der Waals surface area (Å²) in [5, 5.41) is 20.7. The average Bonchev–Trinajstić information content (AvgIpc) is 2.59. The Hall–Kier alpha value is -2.18. The highest BCUT2D eigenvalue weighted by molar-refractivity contribution is 7.87. The monoisotopic (exact) mass is 417 g/mol. The third-order valence-corrected chi connectivity index (χ3v) is 5.64. The normalized spacial score (nSPS) is 13.2. The zero-order chi connectivity index (χ0) is 20.2. The number of anilines is 1. The lowest BCUT2D eigenvalue weighted by Gasteiger charge is -2.14. The Labute approximate surface area is 157 Å². The summed E-state index contributed by atoms with van der Waals surface area (Å²) in [6.45, 7) is 1.04. The molecule has 0 saturated heterocycles. The van der Waals surface area contributed by atoms with Crippen molar-refractivity contribution in [3.8, 4) is 5.75 Å². The van der Waals surface area contributed by atoms with Gasteiger partial charge in [-0.2, -0.15) is 16.8 Å². The second-order valence-electron chi connectivity index (χ2n) is 5.70. The van der Waals surface area contributed by atoms with Crippen LogP contribution in [0.3, 0.4) is 0 Å². The summed E-state index contributed by atoms with van der Waals surface area (Å²) in [5.41, 5.74) is 0.758. The molecule has 11 heteroatoms. The van der Waals surface area contributed by atoms with E-state index in [2.05, 4.69) is 5.32 Å². The molecular weight excluding hydrogens is 398 g/mol. The first-order chi connectivity index (χ1) is 12.5. The summed E-state index contributed by atoms with van der Waals surface area (Å²) in [6.07, 6.45) is -1.16. The molecule has 0 radical (unpaired) electrons. The summed E-state index contributed by atoms with van der Waals surface area (Å²) >= 11 is 0. The molecule has 9 nitrogen and oxygen atoms in total. The van der Waals surface area contributed by atoms with Crippen molar-refractivity contribution in [2.75, 3.05) is 18.5 Å². The van der Waals surface area contributed by atoms with E-state index in [1.54, 1.807) is 19.1 Å². The molecule has 2 rings (SSSR count). The van der Waals surface area contributed by atoms with Gasteiger partial charge in [0.2, 0.25) is 0 Å². The van der Waals surface area contributed by atoms with E-state index in [1.807, 2.05) is 0 Å². The Morgan fingerprint density at radius 3 is 2.26 bits per heavy atom. The Kier molecular flexibility index (Phi) is 6.44. The fourth-order valence-corrected chi connectivity index (χ4v) is 3.69. The van der Waals surface area contributed by atoms with Crippen LogP contribution in [-0.2, 0) is 20.2 Å². The molecular formula is C16H19NO8S2. The van der Waals surface area contributed by atoms with Crippen molar-refractivity contribution in [2.24, 2.45) is 0 Å². The van der Waals surface area contributed by atoms with Crippen molar-refractivity contribution in [2.45, 2.75) is 22.8 Å². The second-order valence-corrected chi connectivity index (χ2v) is 8.64. The smallest absolute Gasteiger partial charge is 0.339 e. The van der Waals surface area contributed by atoms with Crippen LogP contribution in [0.4, 0.5) is 5.69 Å². The molecule has 0 heterocycles. The zero-order valence-electron chi connectivity index (χ0n) is 14.2. The number of rotatable bonds is 8. The molecule has 0 aliphatic heterocycles. The van der Waals surface area contributed by atoms with Gasteiger partial charge in [-0.3, -0.25) is 4.55 Å². The lowest BCUT2D eigenvalue weighted by Crippen LogP contribution is -2.23. The van der Waals surface area contributed by atoms with Gasteiger partial charge in [-0.25, -0.2) is 0 Å². The van der Waals surface area contributed by atoms with Crippen molar-refractivity contribution in [1.29, 1.82) is 0 Å². The first-order valence-corrected chi connectivity index (χ1v) is 10.5. The summed E-state index contributed by atoms with van der Waals surface area (Å²) in [5.74, 6) is -0.323. The van der Waals surface area contributed by atoms with Crippen molar-refractivity contribution in [3.05, 3.63) is 48.0 Å². The standard InChI is InChI=1S/C16H19NO8S2/c1-11-2-5-14(6-3-11)27(23,24)25-13-4-7-15(17-9-12(19)10-18)16(8-13)26(20,21)22/h2-8,12,17-19H,9-10H2,1H3,(H,20,21,22). The van der Waals surface area contributed by atoms with Crippen LogP contribution in [0.2, 0.25) is 0 Å². The molecule has 0 aliphatic carbocycles. The summed E-state index contributed by atoms with van der Waals surface area (Å²) in [7, 11) is -8.92. The van der Waals surface area contributed by atoms with Crippen LogP contribution in [0.25, 0.3) is 0 Å². The molecule has 27 heavy (non-hydrogen) atoms. The third kappa shape index (κ3) is 5.65. The molecule has 0 spiro atoms. The quantitative estimate of drug-likeness (QED) is 0.361. The molecule has 2 aromatic carbocycles. The van der Waals surface area contributed by atoms with Gasteiger partial charge in [-0.15, -0.1) is 0 Å². The molecule has 1 unspecified atom stereocenters. The second kappa shape index (κ2) is 8.23. The van der Waals surface area contributed by atoms with E-state index in [4.69, 9.17) is 9.29 Å². The van der Waals surface area contributed by atoms with Gasteiger partial charge in [0, 0.05) is 12.6 Å². The molecule has 0 bridgehead atoms. The first kappa shape index (κ1) is 21.1. The summed E-state index contributed by atoms with van der Waals surface area (Å²) in [6, 6.07) is 9.07. The van der Waals surface area contributed by atoms with E-state index in [0.717, 1.165) is 11.6 Å². The van der Waals surface area contributed by atoms with Gasteiger partial charge >= 0.3 is 10.1 Å². The molecule has 4 N–H and O–H groups in total. The Morgan fingerprint density at radius 2 is 1.70 bits per heavy atom. The number of hydrogen-bond donors (Lipinski definition) is 4. The number of aliphatic hydroxyl groups excluding tert-OH is 2. The van der Waals surface area contributed by atoms with Crippen LogP contribution in [0.5, 0.6) is 5.75 Å². The van der Waals surface area contributed by atoms with Crippen LogP contribution in [0.1, 0.15) is 5.56 Å². The molecule has 0 aromatic heterocycles. The summed E-state index contributed by atoms with van der Waals surface area (Å²) in [4.78, 5) is -0.751. The van der Waals surface area contributed by atoms with Gasteiger partial charge in [0.1, 0.15) is 15.5 Å². The Balaban J connectivity index is 2.34. The van der Waals surface area contributed by atoms with Gasteiger partial charge in [0.25, 0.3) is 10.1 Å². The van der Waals surface area contributed by atoms with Crippen molar-refractivity contribution >= 4 is 25.9 Å². The maximum Gasteiger partial charge on any atom is 0.339 e. The molecule has 148 valence electrons. The van der Waals surface area contributed by atoms with Gasteiger partial charge in [-0.05, 0) is 31.2 Å². The highest BCUT2D eigenvalue weighted by atomic mass is 32.2. The Bertz CT molecular complexity index is 1000. The van der Waals surface area contributed by atoms with Gasteiger partial charge in [0.05, 0.1) is 18.4 Å². The van der Waals surface area contributed by atoms with Crippen molar-refractivity contribution < 1.29 is 35.8 Å². The minimum atomic E-state index is -4.72. The van der Waals surface area contributed by atoms with E-state index in [9.17, 15) is 26.5 Å². The van der Waals surface area contributed by atoms with Crippen LogP contribution >= 0.6 is 0 Å². The first-order valence-electron chi connectivity index (χ1n) is 7.68. The maximum atomic E-state index is 12.3. The highest BCUT2D eigenvalue weighted by Gasteiger charge is 2.21. The molecule has 2 aromatic rings. The molecule has 0 amide bonds. The van der Waals surface area contributed by atoms with Crippen LogP contribution in [-0.4, -0.2) is 50.9 Å². The Morgan fingerprint density at radius 1 is 1.07 bits per heavy atom. The van der Waals surface area contributed by atoms with Crippen LogP contribution < -0.4 is 9.50 Å². The van der Waals surface area contributed by atoms with Crippen molar-refractivity contribution in [1.82, 2.24) is 0 Å². The fourth-order valence-electron chi connectivity index (χ4n) is 2.09. The van der Waals surface area contributed by atoms with Crippen LogP contribution in [0, 0.1) is 6.92 Å². The van der Waals surface area contributed by atoms with Crippen molar-refractivity contribution in [3.63, 3.8) is 0 Å². The van der Waals surface area contributed by atoms with Gasteiger partial charge in [0.15, 0.2) is 0 Å². The van der Waals surface area contributed by atoms with Gasteiger partial charge < -0.3 is 19.7 Å². The number of hydrogen-bond acceptors (Lipinski definition) is 8. The number of nitrogens with one attached hydrogen (secondary N) is 1. The zero-order valence-corrected chi connectivity index (χ0v) is 15.9. The number of aryl methyl sites for hydroxylation is 1. The number of benzene rings is 2. The lowest BCUT2D eigenvalue weighted by atomic mass is 10.2. The molecule has 0 saturated carbocycles. The van der Waals surface area contributed by atoms with E-state index in [-0.39, 0.29) is 22.9 Å². The lowest BCUT2D eigenvalue weighted by molar-refractivity contribution is 0.105. The predicted molar refractivity (Wildman–Crippen MR) is 96.8 cm³/mol. The highest BCUT2D eigenvalue weighted by Crippen LogP contribution is 2.28. The van der Waals surface area contributed by atoms with E-state index >= 15 is 0 Å². The minimum Gasteiger partial charge on any atom is -0.394 e. The topological polar surface area (TPSA) is 150 Å². The molecule has 1 atom stereocenters. The van der Waals surface area contributed by atoms with E-state index in [0.29, 0.717) is 0 Å². The molecule has 0 aliphatic rings. The SMILES string of the molecule is Cc1ccc(S(=O)(=O)Oc2ccc(NCC(O)CO)c(S(=O)(=O)O)c2)cc1. The largest absolute Gasteiger partial charge is 0.394 e. The van der Waals surface area contributed by atoms with Crippen LogP contribution in [0.15, 0.2) is 52.3 Å². The van der Waals surface area contributed by atoms with E-state index < -0.39 is 37.8 Å². The summed E-state index contributed by atoms with van der Waals surface area (Å²) < 4.78 is 62.1. The minimum absolute atomic E-state index is 0.0925. The fraction of sp³-hybridized carbons (Fsp3) is 0.250. The van der Waals surface area contributed by atoms with Gasteiger partial charge in [-0.1, -0.05) is 17.7 Å². The predicted octanol–water partition coefficient (Wildman–Crippen LogP) is 0.775. The number of aliphatic hydroxyl groups is 2. The third-order valence-electron chi connectivity index (χ3n) is 3.49.